The average Bonchev–Trinajstić information content (AvgIpc) is 3.51. The third-order valence-electron chi connectivity index (χ3n) is 7.97. The number of aromatic nitrogens is 2. The van der Waals surface area contributed by atoms with E-state index < -0.39 is 0 Å². The first-order valence-corrected chi connectivity index (χ1v) is 13.2. The van der Waals surface area contributed by atoms with E-state index in [1.807, 2.05) is 30.9 Å². The molecule has 0 spiro atoms. The first-order valence-electron chi connectivity index (χ1n) is 12.9. The number of carbonyl (C=O) groups is 1. The Hall–Kier alpha value is -2.54. The van der Waals surface area contributed by atoms with Gasteiger partial charge in [0.1, 0.15) is 0 Å². The third-order valence-corrected chi connectivity index (χ3v) is 8.38. The Morgan fingerprint density at radius 1 is 1.12 bits per heavy atom. The Morgan fingerprint density at radius 2 is 1.94 bits per heavy atom. The average molecular weight is 481 g/mol. The number of amides is 1. The highest BCUT2D eigenvalue weighted by molar-refractivity contribution is 6.31. The highest BCUT2D eigenvalue weighted by Crippen LogP contribution is 2.42. The minimum atomic E-state index is -0.00474. The lowest BCUT2D eigenvalue weighted by atomic mass is 9.96. The lowest BCUT2D eigenvalue weighted by molar-refractivity contribution is 0.0836. The van der Waals surface area contributed by atoms with Crippen molar-refractivity contribution in [2.75, 3.05) is 16.8 Å². The largest absolute Gasteiger partial charge is 0.353 e. The van der Waals surface area contributed by atoms with Gasteiger partial charge in [0, 0.05) is 17.6 Å². The molecule has 1 aromatic heterocycles. The van der Waals surface area contributed by atoms with Gasteiger partial charge in [-0.25, -0.2) is 4.99 Å². The number of imidazole rings is 1. The fourth-order valence-corrected chi connectivity index (χ4v) is 6.32. The summed E-state index contributed by atoms with van der Waals surface area (Å²) in [6.07, 6.45) is 9.41. The van der Waals surface area contributed by atoms with Gasteiger partial charge in [0.05, 0.1) is 18.6 Å². The van der Waals surface area contributed by atoms with Gasteiger partial charge in [-0.15, -0.1) is 0 Å². The van der Waals surface area contributed by atoms with Crippen molar-refractivity contribution in [2.45, 2.75) is 89.9 Å². The number of nitrogens with zero attached hydrogens (tertiary/aromatic N) is 5. The molecule has 2 atom stereocenters. The lowest BCUT2D eigenvalue weighted by Crippen LogP contribution is -2.53. The third kappa shape index (κ3) is 3.51. The number of aliphatic imine (C=N–C) groups is 1. The first kappa shape index (κ1) is 22.0. The predicted octanol–water partition coefficient (Wildman–Crippen LogP) is 5.21. The molecule has 0 unspecified atom stereocenters. The summed E-state index contributed by atoms with van der Waals surface area (Å²) in [7, 11) is 0. The van der Waals surface area contributed by atoms with Gasteiger partial charge in [0.15, 0.2) is 11.5 Å². The molecule has 3 heterocycles. The number of anilines is 2. The number of hydrogen-bond acceptors (Lipinski definition) is 5. The number of guanidine groups is 1. The second-order valence-corrected chi connectivity index (χ2v) is 10.6. The molecule has 0 saturated heterocycles. The number of hydrogen-bond donors (Lipinski definition) is 1. The zero-order valence-electron chi connectivity index (χ0n) is 20.1. The number of nitrogens with one attached hydrogen (secondary N) is 1. The smallest absolute Gasteiger partial charge is 0.281 e. The van der Waals surface area contributed by atoms with Gasteiger partial charge in [-0.3, -0.25) is 19.2 Å². The zero-order chi connectivity index (χ0) is 23.4. The molecule has 2 fully saturated rings. The number of rotatable bonds is 5. The van der Waals surface area contributed by atoms with Crippen LogP contribution in [0.5, 0.6) is 0 Å². The molecular weight excluding hydrogens is 448 g/mol. The molecule has 34 heavy (non-hydrogen) atoms. The molecule has 0 bridgehead atoms. The Labute approximate surface area is 206 Å². The molecular formula is C26H33ClN6O. The summed E-state index contributed by atoms with van der Waals surface area (Å²) in [5.41, 5.74) is 2.79. The van der Waals surface area contributed by atoms with Gasteiger partial charge in [-0.1, -0.05) is 43.0 Å². The minimum absolute atomic E-state index is 0.00474. The normalized spacial score (nSPS) is 24.2. The van der Waals surface area contributed by atoms with Crippen LogP contribution in [0.1, 0.15) is 79.9 Å². The van der Waals surface area contributed by atoms with Crippen molar-refractivity contribution >= 4 is 35.2 Å². The Bertz CT molecular complexity index is 1150. The van der Waals surface area contributed by atoms with E-state index >= 15 is 0 Å². The second kappa shape index (κ2) is 8.59. The maximum Gasteiger partial charge on any atom is 0.281 e. The van der Waals surface area contributed by atoms with Crippen LogP contribution in [-0.2, 0) is 6.54 Å². The van der Waals surface area contributed by atoms with E-state index in [-0.39, 0.29) is 11.9 Å². The molecule has 6 rings (SSSR count). The van der Waals surface area contributed by atoms with Crippen LogP contribution in [0.3, 0.4) is 0 Å². The first-order chi connectivity index (χ1) is 16.5. The van der Waals surface area contributed by atoms with Gasteiger partial charge in [-0.2, -0.15) is 4.98 Å². The van der Waals surface area contributed by atoms with Crippen molar-refractivity contribution in [3.8, 4) is 0 Å². The molecule has 2 aliphatic carbocycles. The van der Waals surface area contributed by atoms with E-state index in [9.17, 15) is 4.79 Å². The molecule has 1 N–H and O–H groups in total. The maximum atomic E-state index is 13.9. The Kier molecular flexibility index (Phi) is 5.55. The van der Waals surface area contributed by atoms with E-state index in [1.54, 1.807) is 0 Å². The summed E-state index contributed by atoms with van der Waals surface area (Å²) in [5.74, 6) is 2.36. The number of benzene rings is 1. The molecule has 2 aliphatic heterocycles. The van der Waals surface area contributed by atoms with Crippen molar-refractivity contribution in [3.63, 3.8) is 0 Å². The Balaban J connectivity index is 1.46. The van der Waals surface area contributed by atoms with Crippen LogP contribution in [0.2, 0.25) is 5.02 Å². The van der Waals surface area contributed by atoms with E-state index in [0.717, 1.165) is 59.6 Å². The summed E-state index contributed by atoms with van der Waals surface area (Å²) < 4.78 is 2.09. The molecule has 2 saturated carbocycles. The van der Waals surface area contributed by atoms with Gasteiger partial charge in [0.25, 0.3) is 5.91 Å². The Morgan fingerprint density at radius 3 is 2.71 bits per heavy atom. The highest BCUT2D eigenvalue weighted by Gasteiger charge is 2.49. The van der Waals surface area contributed by atoms with Gasteiger partial charge in [-0.05, 0) is 63.1 Å². The topological polar surface area (TPSA) is 65.8 Å². The minimum Gasteiger partial charge on any atom is -0.353 e. The van der Waals surface area contributed by atoms with Gasteiger partial charge < -0.3 is 5.32 Å². The van der Waals surface area contributed by atoms with Crippen molar-refractivity contribution < 1.29 is 4.79 Å². The van der Waals surface area contributed by atoms with Gasteiger partial charge in [0.2, 0.25) is 11.9 Å². The predicted molar refractivity (Wildman–Crippen MR) is 136 cm³/mol. The summed E-state index contributed by atoms with van der Waals surface area (Å²) in [5, 5.41) is 4.48. The number of halogens is 1. The molecule has 1 aromatic carbocycles. The molecule has 180 valence electrons. The van der Waals surface area contributed by atoms with E-state index in [0.29, 0.717) is 30.9 Å². The van der Waals surface area contributed by atoms with Crippen molar-refractivity contribution in [2.24, 2.45) is 4.99 Å². The quantitative estimate of drug-likeness (QED) is 0.637. The van der Waals surface area contributed by atoms with Crippen molar-refractivity contribution in [1.82, 2.24) is 14.5 Å². The SMILES string of the molecule is CCN1C(=O)c2c(nc(NC3CCCCC3)n2Cc2ccc(C)c(Cl)c2)N2C1=N[C@@H]1CCC[C@@H]12. The van der Waals surface area contributed by atoms with E-state index in [2.05, 4.69) is 20.9 Å². The van der Waals surface area contributed by atoms with Crippen LogP contribution < -0.4 is 10.2 Å². The second-order valence-electron chi connectivity index (χ2n) is 10.2. The molecule has 8 heteroatoms. The molecule has 7 nitrogen and oxygen atoms in total. The van der Waals surface area contributed by atoms with Gasteiger partial charge >= 0.3 is 0 Å². The zero-order valence-corrected chi connectivity index (χ0v) is 20.8. The van der Waals surface area contributed by atoms with Crippen LogP contribution in [0.4, 0.5) is 11.8 Å². The van der Waals surface area contributed by atoms with Crippen LogP contribution in [0, 0.1) is 6.92 Å². The molecule has 4 aliphatic rings. The maximum absolute atomic E-state index is 13.9. The van der Waals surface area contributed by atoms with Crippen LogP contribution in [0.25, 0.3) is 0 Å². The van der Waals surface area contributed by atoms with Crippen LogP contribution in [0.15, 0.2) is 23.2 Å². The van der Waals surface area contributed by atoms with E-state index in [4.69, 9.17) is 21.6 Å². The highest BCUT2D eigenvalue weighted by atomic mass is 35.5. The molecule has 2 aromatic rings. The molecule has 0 radical (unpaired) electrons. The fourth-order valence-electron chi connectivity index (χ4n) is 6.12. The standard InChI is InChI=1S/C26H33ClN6O/c1-3-31-24(34)22-23(33-21-11-7-10-20(21)29-26(31)33)30-25(28-18-8-5-4-6-9-18)32(22)15-17-13-12-16(2)19(27)14-17/h12-14,18,20-21H,3-11,15H2,1-2H3,(H,28,30)/t20-,21+/m1/s1. The summed E-state index contributed by atoms with van der Waals surface area (Å²) in [4.78, 5) is 28.1. The summed E-state index contributed by atoms with van der Waals surface area (Å²) >= 11 is 6.46. The monoisotopic (exact) mass is 480 g/mol. The summed E-state index contributed by atoms with van der Waals surface area (Å²) in [6.45, 7) is 5.19. The fraction of sp³-hybridized carbons (Fsp3) is 0.577. The number of aryl methyl sites for hydroxylation is 1. The van der Waals surface area contributed by atoms with Crippen LogP contribution >= 0.6 is 11.6 Å². The summed E-state index contributed by atoms with van der Waals surface area (Å²) in [6, 6.07) is 7.10. The number of carbonyl (C=O) groups excluding carboxylic acids is 1. The van der Waals surface area contributed by atoms with Crippen molar-refractivity contribution in [1.29, 1.82) is 0 Å². The van der Waals surface area contributed by atoms with E-state index in [1.165, 1.54) is 25.7 Å². The van der Waals surface area contributed by atoms with Crippen LogP contribution in [-0.4, -0.2) is 51.0 Å². The molecule has 1 amide bonds. The number of fused-ring (bicyclic) bond motifs is 5. The van der Waals surface area contributed by atoms with Crippen molar-refractivity contribution in [3.05, 3.63) is 40.0 Å². The lowest BCUT2D eigenvalue weighted by Gasteiger charge is -2.35.